The summed E-state index contributed by atoms with van der Waals surface area (Å²) >= 11 is 2.87. The second-order valence-corrected chi connectivity index (χ2v) is 13.4. The van der Waals surface area contributed by atoms with E-state index in [1.807, 2.05) is 19.1 Å². The molecule has 0 spiro atoms. The zero-order valence-electron chi connectivity index (χ0n) is 23.4. The SMILES string of the molecule is CCC(Sc1cccc(NC(=O)c2ccc(F)cc2)c1)C(=O)Nc1sc2c(c1C(=O)OC)CCC(C(C)(C)C)C2. The van der Waals surface area contributed by atoms with Gasteiger partial charge >= 0.3 is 5.97 Å². The standard InChI is InChI=1S/C31H35FN2O4S2/c1-6-24(39-22-9-7-8-21(17-22)33-27(35)18-10-13-20(32)14-11-18)28(36)34-29-26(30(37)38-5)23-15-12-19(31(2,3)4)16-25(23)40-29/h7-11,13-14,17,19,24H,6,12,15-16H2,1-5H3,(H,33,35)(H,34,36). The molecule has 0 aliphatic heterocycles. The number of hydrogen-bond donors (Lipinski definition) is 2. The number of methoxy groups -OCH3 is 1. The van der Waals surface area contributed by atoms with Crippen LogP contribution in [0.15, 0.2) is 53.4 Å². The number of rotatable bonds is 8. The number of halogens is 1. The Hall–Kier alpha value is -3.17. The van der Waals surface area contributed by atoms with Crippen LogP contribution in [0, 0.1) is 17.2 Å². The Morgan fingerprint density at radius 1 is 1.12 bits per heavy atom. The molecule has 2 N–H and O–H groups in total. The molecule has 1 aliphatic carbocycles. The fourth-order valence-corrected chi connectivity index (χ4v) is 7.19. The average molecular weight is 583 g/mol. The highest BCUT2D eigenvalue weighted by atomic mass is 32.2. The molecule has 212 valence electrons. The molecular formula is C31H35FN2O4S2. The fraction of sp³-hybridized carbons (Fsp3) is 0.387. The van der Waals surface area contributed by atoms with Gasteiger partial charge in [0.1, 0.15) is 10.8 Å². The van der Waals surface area contributed by atoms with Crippen molar-refractivity contribution in [2.45, 2.75) is 63.5 Å². The van der Waals surface area contributed by atoms with Crippen LogP contribution in [0.2, 0.25) is 0 Å². The van der Waals surface area contributed by atoms with Crippen LogP contribution >= 0.6 is 23.1 Å². The first-order chi connectivity index (χ1) is 19.0. The number of benzene rings is 2. The predicted molar refractivity (Wildman–Crippen MR) is 160 cm³/mol. The molecule has 4 rings (SSSR count). The van der Waals surface area contributed by atoms with Gasteiger partial charge in [-0.1, -0.05) is 33.8 Å². The molecule has 2 aromatic carbocycles. The number of ether oxygens (including phenoxy) is 1. The van der Waals surface area contributed by atoms with E-state index in [4.69, 9.17) is 4.74 Å². The first kappa shape index (κ1) is 29.8. The number of thiophene rings is 1. The summed E-state index contributed by atoms with van der Waals surface area (Å²) in [5.74, 6) is -0.869. The maximum absolute atomic E-state index is 13.4. The largest absolute Gasteiger partial charge is 0.465 e. The van der Waals surface area contributed by atoms with Crippen LogP contribution < -0.4 is 10.6 Å². The molecule has 6 nitrogen and oxygen atoms in total. The van der Waals surface area contributed by atoms with Gasteiger partial charge in [-0.25, -0.2) is 9.18 Å². The van der Waals surface area contributed by atoms with Crippen LogP contribution in [0.5, 0.6) is 0 Å². The minimum atomic E-state index is -0.424. The summed E-state index contributed by atoms with van der Waals surface area (Å²) in [6.07, 6.45) is 3.22. The summed E-state index contributed by atoms with van der Waals surface area (Å²) in [6.45, 7) is 8.66. The van der Waals surface area contributed by atoms with E-state index in [2.05, 4.69) is 31.4 Å². The monoisotopic (exact) mass is 582 g/mol. The van der Waals surface area contributed by atoms with E-state index in [9.17, 15) is 18.8 Å². The molecule has 0 radical (unpaired) electrons. The van der Waals surface area contributed by atoms with Gasteiger partial charge in [0, 0.05) is 21.0 Å². The molecular weight excluding hydrogens is 547 g/mol. The maximum Gasteiger partial charge on any atom is 0.341 e. The predicted octanol–water partition coefficient (Wildman–Crippen LogP) is 7.59. The lowest BCUT2D eigenvalue weighted by atomic mass is 9.72. The quantitative estimate of drug-likeness (QED) is 0.211. The lowest BCUT2D eigenvalue weighted by molar-refractivity contribution is -0.115. The van der Waals surface area contributed by atoms with E-state index in [1.165, 1.54) is 54.5 Å². The van der Waals surface area contributed by atoms with E-state index >= 15 is 0 Å². The Kier molecular flexibility index (Phi) is 9.36. The van der Waals surface area contributed by atoms with Crippen LogP contribution in [0.1, 0.15) is 71.7 Å². The van der Waals surface area contributed by atoms with Crippen molar-refractivity contribution in [3.05, 3.63) is 75.9 Å². The van der Waals surface area contributed by atoms with Gasteiger partial charge in [-0.05, 0) is 85.0 Å². The third-order valence-electron chi connectivity index (χ3n) is 7.26. The third kappa shape index (κ3) is 6.93. The molecule has 2 atom stereocenters. The van der Waals surface area contributed by atoms with Crippen molar-refractivity contribution < 1.29 is 23.5 Å². The number of nitrogens with one attached hydrogen (secondary N) is 2. The lowest BCUT2D eigenvalue weighted by Crippen LogP contribution is -2.27. The number of amides is 2. The smallest absolute Gasteiger partial charge is 0.341 e. The van der Waals surface area contributed by atoms with E-state index < -0.39 is 17.0 Å². The van der Waals surface area contributed by atoms with Crippen LogP contribution in [0.3, 0.4) is 0 Å². The van der Waals surface area contributed by atoms with Crippen molar-refractivity contribution in [3.63, 3.8) is 0 Å². The van der Waals surface area contributed by atoms with Crippen molar-refractivity contribution in [2.24, 2.45) is 11.3 Å². The molecule has 0 bridgehead atoms. The van der Waals surface area contributed by atoms with Gasteiger partial charge in [-0.2, -0.15) is 0 Å². The lowest BCUT2D eigenvalue weighted by Gasteiger charge is -2.33. The van der Waals surface area contributed by atoms with Gasteiger partial charge in [0.15, 0.2) is 0 Å². The highest BCUT2D eigenvalue weighted by molar-refractivity contribution is 8.00. The summed E-state index contributed by atoms with van der Waals surface area (Å²) in [7, 11) is 1.37. The number of esters is 1. The summed E-state index contributed by atoms with van der Waals surface area (Å²) in [5.41, 5.74) is 2.56. The van der Waals surface area contributed by atoms with Crippen molar-refractivity contribution in [2.75, 3.05) is 17.7 Å². The Morgan fingerprint density at radius 2 is 1.85 bits per heavy atom. The van der Waals surface area contributed by atoms with Gasteiger partial charge in [-0.15, -0.1) is 23.1 Å². The maximum atomic E-state index is 13.4. The number of fused-ring (bicyclic) bond motifs is 1. The van der Waals surface area contributed by atoms with Gasteiger partial charge in [0.25, 0.3) is 5.91 Å². The minimum absolute atomic E-state index is 0.160. The summed E-state index contributed by atoms with van der Waals surface area (Å²) in [5, 5.41) is 5.99. The van der Waals surface area contributed by atoms with Crippen LogP contribution in [0.4, 0.5) is 15.1 Å². The molecule has 0 saturated carbocycles. The van der Waals surface area contributed by atoms with Crippen molar-refractivity contribution in [1.29, 1.82) is 0 Å². The number of thioether (sulfide) groups is 1. The van der Waals surface area contributed by atoms with Crippen molar-refractivity contribution in [3.8, 4) is 0 Å². The van der Waals surface area contributed by atoms with Crippen LogP contribution in [-0.4, -0.2) is 30.1 Å². The highest BCUT2D eigenvalue weighted by Crippen LogP contribution is 2.44. The zero-order chi connectivity index (χ0) is 29.0. The Morgan fingerprint density at radius 3 is 2.50 bits per heavy atom. The average Bonchev–Trinajstić information content (AvgIpc) is 3.28. The van der Waals surface area contributed by atoms with E-state index in [0.29, 0.717) is 34.2 Å². The minimum Gasteiger partial charge on any atom is -0.465 e. The molecule has 40 heavy (non-hydrogen) atoms. The molecule has 3 aromatic rings. The molecule has 1 aliphatic rings. The summed E-state index contributed by atoms with van der Waals surface area (Å²) < 4.78 is 18.3. The number of carbonyl (C=O) groups excluding carboxylic acids is 3. The number of anilines is 2. The van der Waals surface area contributed by atoms with Crippen molar-refractivity contribution >= 4 is 51.6 Å². The fourth-order valence-electron chi connectivity index (χ4n) is 4.86. The molecule has 0 saturated heterocycles. The van der Waals surface area contributed by atoms with Crippen LogP contribution in [0.25, 0.3) is 0 Å². The van der Waals surface area contributed by atoms with Gasteiger partial charge in [-0.3, -0.25) is 9.59 Å². The van der Waals surface area contributed by atoms with E-state index in [1.54, 1.807) is 12.1 Å². The van der Waals surface area contributed by atoms with Crippen molar-refractivity contribution in [1.82, 2.24) is 0 Å². The molecule has 0 fully saturated rings. The molecule has 9 heteroatoms. The normalized spacial score (nSPS) is 15.6. The zero-order valence-corrected chi connectivity index (χ0v) is 25.1. The topological polar surface area (TPSA) is 84.5 Å². The Bertz CT molecular complexity index is 1400. The first-order valence-corrected chi connectivity index (χ1v) is 15.1. The number of carbonyl (C=O) groups is 3. The molecule has 2 unspecified atom stereocenters. The molecule has 2 amide bonds. The molecule has 1 heterocycles. The van der Waals surface area contributed by atoms with E-state index in [-0.39, 0.29) is 17.2 Å². The second-order valence-electron chi connectivity index (χ2n) is 11.0. The Labute approximate surface area is 243 Å². The van der Waals surface area contributed by atoms with E-state index in [0.717, 1.165) is 34.6 Å². The van der Waals surface area contributed by atoms with Gasteiger partial charge in [0.2, 0.25) is 5.91 Å². The summed E-state index contributed by atoms with van der Waals surface area (Å²) in [4.78, 5) is 40.7. The van der Waals surface area contributed by atoms with Gasteiger partial charge in [0.05, 0.1) is 17.9 Å². The van der Waals surface area contributed by atoms with Crippen LogP contribution in [-0.2, 0) is 22.4 Å². The van der Waals surface area contributed by atoms with Gasteiger partial charge < -0.3 is 15.4 Å². The molecule has 1 aromatic heterocycles. The highest BCUT2D eigenvalue weighted by Gasteiger charge is 2.35. The second kappa shape index (κ2) is 12.6. The Balaban J connectivity index is 1.49. The number of hydrogen-bond acceptors (Lipinski definition) is 6. The first-order valence-electron chi connectivity index (χ1n) is 13.4. The summed E-state index contributed by atoms with van der Waals surface area (Å²) in [6, 6.07) is 12.6. The third-order valence-corrected chi connectivity index (χ3v) is 9.78.